The number of hydrogen-bond acceptors (Lipinski definition) is 7. The molecule has 0 radical (unpaired) electrons. The SMILES string of the molecule is CNC(=O)c1cccc(CNS(=O)(=O)N2CCN(c3cnn(-c4cccc(Cl)c4)c(=O)c3OCC3(C)CC3)CC2)c1. The lowest BCUT2D eigenvalue weighted by Crippen LogP contribution is -2.52. The summed E-state index contributed by atoms with van der Waals surface area (Å²) in [6.45, 7) is 3.70. The van der Waals surface area contributed by atoms with E-state index in [4.69, 9.17) is 16.3 Å². The monoisotopic (exact) mass is 600 g/mol. The van der Waals surface area contributed by atoms with Gasteiger partial charge in [-0.05, 0) is 48.7 Å². The lowest BCUT2D eigenvalue weighted by atomic mass is 10.1. The lowest BCUT2D eigenvalue weighted by molar-refractivity contribution is 0.0963. The molecular weight excluding hydrogens is 568 g/mol. The van der Waals surface area contributed by atoms with Gasteiger partial charge in [-0.25, -0.2) is 0 Å². The van der Waals surface area contributed by atoms with Gasteiger partial charge < -0.3 is 15.0 Å². The van der Waals surface area contributed by atoms with Gasteiger partial charge in [0, 0.05) is 55.8 Å². The molecule has 2 heterocycles. The zero-order chi connectivity index (χ0) is 29.2. The molecule has 0 bridgehead atoms. The molecule has 1 aliphatic carbocycles. The van der Waals surface area contributed by atoms with E-state index in [-0.39, 0.29) is 36.7 Å². The van der Waals surface area contributed by atoms with Crippen molar-refractivity contribution in [3.05, 3.63) is 81.2 Å². The summed E-state index contributed by atoms with van der Waals surface area (Å²) in [5.41, 5.74) is 1.84. The first-order chi connectivity index (χ1) is 19.6. The summed E-state index contributed by atoms with van der Waals surface area (Å²) in [6, 6.07) is 13.7. The molecule has 5 rings (SSSR count). The largest absolute Gasteiger partial charge is 0.486 e. The van der Waals surface area contributed by atoms with Crippen LogP contribution in [-0.4, -0.2) is 68.2 Å². The Morgan fingerprint density at radius 3 is 2.51 bits per heavy atom. The Hall–Kier alpha value is -3.45. The van der Waals surface area contributed by atoms with Crippen LogP contribution >= 0.6 is 11.6 Å². The van der Waals surface area contributed by atoms with Gasteiger partial charge in [0.05, 0.1) is 18.5 Å². The predicted octanol–water partition coefficient (Wildman–Crippen LogP) is 2.58. The van der Waals surface area contributed by atoms with E-state index in [2.05, 4.69) is 22.1 Å². The van der Waals surface area contributed by atoms with E-state index >= 15 is 0 Å². The van der Waals surface area contributed by atoms with E-state index in [0.29, 0.717) is 47.2 Å². The van der Waals surface area contributed by atoms with Crippen LogP contribution in [0.4, 0.5) is 5.69 Å². The Bertz CT molecular complexity index is 1600. The molecule has 1 aliphatic heterocycles. The van der Waals surface area contributed by atoms with Crippen molar-refractivity contribution in [1.82, 2.24) is 24.1 Å². The summed E-state index contributed by atoms with van der Waals surface area (Å²) in [5, 5.41) is 7.44. The Morgan fingerprint density at radius 1 is 1.10 bits per heavy atom. The van der Waals surface area contributed by atoms with Crippen molar-refractivity contribution < 1.29 is 17.9 Å². The Balaban J connectivity index is 1.30. The van der Waals surface area contributed by atoms with Gasteiger partial charge in [-0.1, -0.05) is 36.7 Å². The zero-order valence-corrected chi connectivity index (χ0v) is 24.5. The molecule has 2 aromatic carbocycles. The Morgan fingerprint density at radius 2 is 1.83 bits per heavy atom. The minimum absolute atomic E-state index is 0.0478. The van der Waals surface area contributed by atoms with Gasteiger partial charge >= 0.3 is 5.56 Å². The van der Waals surface area contributed by atoms with Crippen molar-refractivity contribution in [2.45, 2.75) is 26.3 Å². The third-order valence-electron chi connectivity index (χ3n) is 7.43. The van der Waals surface area contributed by atoms with Crippen molar-refractivity contribution in [3.8, 4) is 11.4 Å². The number of carbonyl (C=O) groups is 1. The van der Waals surface area contributed by atoms with Gasteiger partial charge in [0.25, 0.3) is 16.1 Å². The highest BCUT2D eigenvalue weighted by Crippen LogP contribution is 2.45. The smallest absolute Gasteiger partial charge is 0.316 e. The highest BCUT2D eigenvalue weighted by Gasteiger charge is 2.39. The van der Waals surface area contributed by atoms with Crippen LogP contribution in [0.15, 0.2) is 59.5 Å². The maximum atomic E-state index is 13.6. The lowest BCUT2D eigenvalue weighted by Gasteiger charge is -2.35. The number of amides is 1. The van der Waals surface area contributed by atoms with Crippen LogP contribution in [-0.2, 0) is 16.8 Å². The molecule has 11 nitrogen and oxygen atoms in total. The molecule has 2 fully saturated rings. The minimum atomic E-state index is -3.78. The summed E-state index contributed by atoms with van der Waals surface area (Å²) in [6.07, 6.45) is 3.67. The highest BCUT2D eigenvalue weighted by atomic mass is 35.5. The second-order valence-corrected chi connectivity index (χ2v) is 12.8. The highest BCUT2D eigenvalue weighted by molar-refractivity contribution is 7.87. The predicted molar refractivity (Wildman–Crippen MR) is 157 cm³/mol. The van der Waals surface area contributed by atoms with Crippen LogP contribution in [0.2, 0.25) is 5.02 Å². The summed E-state index contributed by atoms with van der Waals surface area (Å²) >= 11 is 6.14. The average molecular weight is 601 g/mol. The van der Waals surface area contributed by atoms with Gasteiger partial charge in [0.1, 0.15) is 5.69 Å². The summed E-state index contributed by atoms with van der Waals surface area (Å²) in [7, 11) is -2.24. The molecule has 3 aromatic rings. The number of nitrogens with zero attached hydrogens (tertiary/aromatic N) is 4. The quantitative estimate of drug-likeness (QED) is 0.366. The standard InChI is InChI=1S/C28H33ClN6O5S/c1-28(9-10-28)19-40-25-24(18-31-35(27(25)37)23-8-4-7-22(29)16-23)33-11-13-34(14-12-33)41(38,39)32-17-20-5-3-6-21(15-20)26(36)30-2/h3-8,15-16,18,32H,9-14,17,19H2,1-2H3,(H,30,36). The van der Waals surface area contributed by atoms with E-state index in [1.807, 2.05) is 4.90 Å². The fourth-order valence-electron chi connectivity index (χ4n) is 4.59. The van der Waals surface area contributed by atoms with Crippen LogP contribution in [0.5, 0.6) is 5.75 Å². The van der Waals surface area contributed by atoms with Crippen LogP contribution in [0.1, 0.15) is 35.7 Å². The molecule has 41 heavy (non-hydrogen) atoms. The number of benzene rings is 2. The van der Waals surface area contributed by atoms with Crippen molar-refractivity contribution in [3.63, 3.8) is 0 Å². The average Bonchev–Trinajstić information content (AvgIpc) is 3.72. The van der Waals surface area contributed by atoms with Gasteiger partial charge in [0.2, 0.25) is 5.75 Å². The number of nitrogens with one attached hydrogen (secondary N) is 2. The van der Waals surface area contributed by atoms with Crippen molar-refractivity contribution >= 4 is 33.4 Å². The zero-order valence-electron chi connectivity index (χ0n) is 23.0. The van der Waals surface area contributed by atoms with E-state index < -0.39 is 15.8 Å². The summed E-state index contributed by atoms with van der Waals surface area (Å²) in [5.74, 6) is -0.0475. The van der Waals surface area contributed by atoms with Crippen molar-refractivity contribution in [2.24, 2.45) is 5.41 Å². The third kappa shape index (κ3) is 6.72. The van der Waals surface area contributed by atoms with E-state index in [9.17, 15) is 18.0 Å². The third-order valence-corrected chi connectivity index (χ3v) is 9.22. The molecule has 1 saturated heterocycles. The van der Waals surface area contributed by atoms with Crippen LogP contribution in [0.25, 0.3) is 5.69 Å². The first kappa shape index (κ1) is 29.1. The van der Waals surface area contributed by atoms with Gasteiger partial charge in [-0.3, -0.25) is 9.59 Å². The van der Waals surface area contributed by atoms with Crippen LogP contribution in [0.3, 0.4) is 0 Å². The van der Waals surface area contributed by atoms with Crippen molar-refractivity contribution in [2.75, 3.05) is 44.7 Å². The first-order valence-corrected chi connectivity index (χ1v) is 15.2. The number of hydrogen-bond donors (Lipinski definition) is 2. The number of carbonyl (C=O) groups excluding carboxylic acids is 1. The van der Waals surface area contributed by atoms with Gasteiger partial charge in [0.15, 0.2) is 0 Å². The number of halogens is 1. The van der Waals surface area contributed by atoms with Crippen LogP contribution < -0.4 is 25.2 Å². The molecular formula is C28H33ClN6O5S. The molecule has 2 aliphatic rings. The second kappa shape index (κ2) is 11.8. The van der Waals surface area contributed by atoms with Crippen LogP contribution in [0, 0.1) is 5.41 Å². The first-order valence-electron chi connectivity index (χ1n) is 13.4. The maximum Gasteiger partial charge on any atom is 0.316 e. The fraction of sp³-hybridized carbons (Fsp3) is 0.393. The number of ether oxygens (including phenoxy) is 1. The molecule has 1 amide bonds. The van der Waals surface area contributed by atoms with Gasteiger partial charge in [-0.2, -0.15) is 27.2 Å². The normalized spacial score (nSPS) is 16.8. The summed E-state index contributed by atoms with van der Waals surface area (Å²) < 4.78 is 37.5. The topological polar surface area (TPSA) is 126 Å². The molecule has 1 saturated carbocycles. The molecule has 0 atom stereocenters. The number of aromatic nitrogens is 2. The minimum Gasteiger partial charge on any atom is -0.486 e. The Kier molecular flexibility index (Phi) is 8.37. The second-order valence-electron chi connectivity index (χ2n) is 10.6. The van der Waals surface area contributed by atoms with E-state index in [0.717, 1.165) is 12.8 Å². The molecule has 0 unspecified atom stereocenters. The fourth-order valence-corrected chi connectivity index (χ4v) is 5.95. The van der Waals surface area contributed by atoms with Crippen molar-refractivity contribution in [1.29, 1.82) is 0 Å². The molecule has 1 aromatic heterocycles. The van der Waals surface area contributed by atoms with E-state index in [1.54, 1.807) is 61.8 Å². The molecule has 2 N–H and O–H groups in total. The molecule has 218 valence electrons. The maximum absolute atomic E-state index is 13.6. The molecule has 13 heteroatoms. The summed E-state index contributed by atoms with van der Waals surface area (Å²) in [4.78, 5) is 27.4. The number of rotatable bonds is 10. The number of anilines is 1. The Labute approximate surface area is 244 Å². The molecule has 0 spiro atoms. The van der Waals surface area contributed by atoms with Gasteiger partial charge in [-0.15, -0.1) is 0 Å². The van der Waals surface area contributed by atoms with E-state index in [1.165, 1.54) is 8.99 Å². The number of piperazine rings is 1.